The maximum Gasteiger partial charge on any atom is 0.228 e. The minimum absolute atomic E-state index is 0.156. The van der Waals surface area contributed by atoms with Crippen molar-refractivity contribution in [2.45, 2.75) is 31.9 Å². The van der Waals surface area contributed by atoms with E-state index in [4.69, 9.17) is 0 Å². The Morgan fingerprint density at radius 2 is 1.90 bits per heavy atom. The molecule has 1 aromatic rings. The molecule has 2 aliphatic rings. The molecule has 1 N–H and O–H groups in total. The first-order valence-electron chi connectivity index (χ1n) is 7.82. The minimum atomic E-state index is -0.424. The summed E-state index contributed by atoms with van der Waals surface area (Å²) in [5.41, 5.74) is 1.26. The van der Waals surface area contributed by atoms with Gasteiger partial charge in [0, 0.05) is 45.1 Å². The van der Waals surface area contributed by atoms with Gasteiger partial charge in [0.05, 0.1) is 12.0 Å². The van der Waals surface area contributed by atoms with E-state index in [1.54, 1.807) is 0 Å². The van der Waals surface area contributed by atoms with Crippen LogP contribution >= 0.6 is 0 Å². The summed E-state index contributed by atoms with van der Waals surface area (Å²) in [5, 5.41) is 9.87. The highest BCUT2D eigenvalue weighted by Gasteiger charge is 2.35. The van der Waals surface area contributed by atoms with Crippen LogP contribution in [0.5, 0.6) is 0 Å². The van der Waals surface area contributed by atoms with Gasteiger partial charge in [0.1, 0.15) is 0 Å². The number of aliphatic hydroxyl groups excluding tert-OH is 1. The minimum Gasteiger partial charge on any atom is -0.392 e. The molecular weight excluding hydrogens is 266 g/mol. The highest BCUT2D eigenvalue weighted by atomic mass is 16.3. The number of aromatic nitrogens is 1. The number of nitrogens with zero attached hydrogens (tertiary/aromatic N) is 3. The summed E-state index contributed by atoms with van der Waals surface area (Å²) in [5.74, 6) is 0.000286. The number of pyridine rings is 1. The van der Waals surface area contributed by atoms with Gasteiger partial charge < -0.3 is 10.0 Å². The molecule has 1 amide bonds. The van der Waals surface area contributed by atoms with Crippen LogP contribution in [0.1, 0.15) is 24.8 Å². The summed E-state index contributed by atoms with van der Waals surface area (Å²) in [6.45, 7) is 4.25. The van der Waals surface area contributed by atoms with Crippen molar-refractivity contribution in [2.24, 2.45) is 5.92 Å². The second-order valence-electron chi connectivity index (χ2n) is 6.06. The third-order valence-corrected chi connectivity index (χ3v) is 4.64. The van der Waals surface area contributed by atoms with Gasteiger partial charge in [-0.3, -0.25) is 14.7 Å². The van der Waals surface area contributed by atoms with Crippen LogP contribution in [0.4, 0.5) is 0 Å². The second kappa shape index (κ2) is 6.54. The molecule has 1 saturated heterocycles. The molecule has 3 rings (SSSR count). The van der Waals surface area contributed by atoms with Crippen LogP contribution in [0.15, 0.2) is 24.5 Å². The lowest BCUT2D eigenvalue weighted by atomic mass is 10.0. The quantitative estimate of drug-likeness (QED) is 0.898. The fourth-order valence-electron chi connectivity index (χ4n) is 3.34. The molecule has 2 atom stereocenters. The number of piperazine rings is 1. The molecular formula is C16H23N3O2. The van der Waals surface area contributed by atoms with Crippen molar-refractivity contribution in [3.63, 3.8) is 0 Å². The van der Waals surface area contributed by atoms with Crippen LogP contribution in [0, 0.1) is 5.92 Å². The monoisotopic (exact) mass is 289 g/mol. The second-order valence-corrected chi connectivity index (χ2v) is 6.06. The van der Waals surface area contributed by atoms with E-state index < -0.39 is 6.10 Å². The highest BCUT2D eigenvalue weighted by molar-refractivity contribution is 5.79. The van der Waals surface area contributed by atoms with Gasteiger partial charge >= 0.3 is 0 Å². The highest BCUT2D eigenvalue weighted by Crippen LogP contribution is 2.27. The first kappa shape index (κ1) is 14.5. The molecule has 1 aliphatic heterocycles. The van der Waals surface area contributed by atoms with E-state index in [1.807, 2.05) is 29.4 Å². The standard InChI is InChI=1S/C16H23N3O2/c20-15-3-1-2-14(15)16(21)19-10-8-18(9-11-19)12-13-4-6-17-7-5-13/h4-7,14-15,20H,1-3,8-12H2. The van der Waals surface area contributed by atoms with Crippen molar-refractivity contribution in [1.82, 2.24) is 14.8 Å². The van der Waals surface area contributed by atoms with Crippen LogP contribution in [0.3, 0.4) is 0 Å². The molecule has 2 heterocycles. The zero-order chi connectivity index (χ0) is 14.7. The van der Waals surface area contributed by atoms with Gasteiger partial charge in [-0.1, -0.05) is 0 Å². The third-order valence-electron chi connectivity index (χ3n) is 4.64. The maximum atomic E-state index is 12.4. The van der Waals surface area contributed by atoms with Crippen LogP contribution < -0.4 is 0 Å². The summed E-state index contributed by atoms with van der Waals surface area (Å²) in [6, 6.07) is 4.07. The molecule has 2 fully saturated rings. The third kappa shape index (κ3) is 3.41. The summed E-state index contributed by atoms with van der Waals surface area (Å²) in [7, 11) is 0. The Balaban J connectivity index is 1.50. The molecule has 1 saturated carbocycles. The van der Waals surface area contributed by atoms with Crippen LogP contribution in [-0.4, -0.2) is 58.1 Å². The summed E-state index contributed by atoms with van der Waals surface area (Å²) >= 11 is 0. The maximum absolute atomic E-state index is 12.4. The zero-order valence-electron chi connectivity index (χ0n) is 12.3. The normalized spacial score (nSPS) is 27.0. The molecule has 21 heavy (non-hydrogen) atoms. The van der Waals surface area contributed by atoms with Gasteiger partial charge in [-0.15, -0.1) is 0 Å². The number of hydrogen-bond acceptors (Lipinski definition) is 4. The number of hydrogen-bond donors (Lipinski definition) is 1. The number of aliphatic hydroxyl groups is 1. The molecule has 0 aromatic carbocycles. The lowest BCUT2D eigenvalue weighted by Gasteiger charge is -2.36. The number of carbonyl (C=O) groups is 1. The predicted molar refractivity (Wildman–Crippen MR) is 79.4 cm³/mol. The van der Waals surface area contributed by atoms with E-state index in [0.717, 1.165) is 52.0 Å². The predicted octanol–water partition coefficient (Wildman–Crippen LogP) is 0.887. The Hall–Kier alpha value is -1.46. The molecule has 1 aromatic heterocycles. The van der Waals surface area contributed by atoms with Crippen molar-refractivity contribution >= 4 is 5.91 Å². The van der Waals surface area contributed by atoms with E-state index in [0.29, 0.717) is 0 Å². The Labute approximate surface area is 125 Å². The Morgan fingerprint density at radius 1 is 1.19 bits per heavy atom. The van der Waals surface area contributed by atoms with E-state index in [2.05, 4.69) is 9.88 Å². The van der Waals surface area contributed by atoms with E-state index >= 15 is 0 Å². The molecule has 2 unspecified atom stereocenters. The fourth-order valence-corrected chi connectivity index (χ4v) is 3.34. The van der Waals surface area contributed by atoms with E-state index in [-0.39, 0.29) is 11.8 Å². The molecule has 1 aliphatic carbocycles. The van der Waals surface area contributed by atoms with Crippen molar-refractivity contribution in [3.05, 3.63) is 30.1 Å². The Morgan fingerprint density at radius 3 is 2.52 bits per heavy atom. The van der Waals surface area contributed by atoms with E-state index in [9.17, 15) is 9.90 Å². The number of carbonyl (C=O) groups excluding carboxylic acids is 1. The molecule has 5 nitrogen and oxygen atoms in total. The molecule has 0 radical (unpaired) electrons. The van der Waals surface area contributed by atoms with Crippen LogP contribution in [0.25, 0.3) is 0 Å². The van der Waals surface area contributed by atoms with Gasteiger partial charge in [-0.2, -0.15) is 0 Å². The molecule has 0 bridgehead atoms. The van der Waals surface area contributed by atoms with Crippen LogP contribution in [-0.2, 0) is 11.3 Å². The summed E-state index contributed by atoms with van der Waals surface area (Å²) in [4.78, 5) is 20.7. The SMILES string of the molecule is O=C(C1CCCC1O)N1CCN(Cc2ccncc2)CC1. The topological polar surface area (TPSA) is 56.7 Å². The first-order chi connectivity index (χ1) is 10.2. The smallest absolute Gasteiger partial charge is 0.228 e. The lowest BCUT2D eigenvalue weighted by molar-refractivity contribution is -0.140. The average molecular weight is 289 g/mol. The largest absolute Gasteiger partial charge is 0.392 e. The lowest BCUT2D eigenvalue weighted by Crippen LogP contribution is -2.50. The molecule has 0 spiro atoms. The summed E-state index contributed by atoms with van der Waals surface area (Å²) in [6.07, 6.45) is 5.80. The van der Waals surface area contributed by atoms with Crippen molar-refractivity contribution < 1.29 is 9.90 Å². The first-order valence-corrected chi connectivity index (χ1v) is 7.82. The average Bonchev–Trinajstić information content (AvgIpc) is 2.94. The van der Waals surface area contributed by atoms with Gasteiger partial charge in [-0.25, -0.2) is 0 Å². The van der Waals surface area contributed by atoms with Crippen molar-refractivity contribution in [1.29, 1.82) is 0 Å². The van der Waals surface area contributed by atoms with Crippen LogP contribution in [0.2, 0.25) is 0 Å². The molecule has 5 heteroatoms. The zero-order valence-corrected chi connectivity index (χ0v) is 12.3. The van der Waals surface area contributed by atoms with Crippen molar-refractivity contribution in [3.8, 4) is 0 Å². The Kier molecular flexibility index (Phi) is 4.51. The molecule has 114 valence electrons. The summed E-state index contributed by atoms with van der Waals surface area (Å²) < 4.78 is 0. The number of rotatable bonds is 3. The fraction of sp³-hybridized carbons (Fsp3) is 0.625. The van der Waals surface area contributed by atoms with Gasteiger partial charge in [0.25, 0.3) is 0 Å². The number of amides is 1. The Bertz CT molecular complexity index is 472. The van der Waals surface area contributed by atoms with Gasteiger partial charge in [0.15, 0.2) is 0 Å². The van der Waals surface area contributed by atoms with Crippen molar-refractivity contribution in [2.75, 3.05) is 26.2 Å². The van der Waals surface area contributed by atoms with Gasteiger partial charge in [-0.05, 0) is 37.0 Å². The van der Waals surface area contributed by atoms with E-state index in [1.165, 1.54) is 5.56 Å². The van der Waals surface area contributed by atoms with Gasteiger partial charge in [0.2, 0.25) is 5.91 Å².